The average Bonchev–Trinajstić information content (AvgIpc) is 2.96. The molecule has 3 heterocycles. The summed E-state index contributed by atoms with van der Waals surface area (Å²) >= 11 is 0. The fourth-order valence-electron chi connectivity index (χ4n) is 4.31. The largest absolute Gasteiger partial charge is 0.378 e. The average molecular weight is 351 g/mol. The molecule has 0 spiro atoms. The van der Waals surface area contributed by atoms with Crippen molar-refractivity contribution in [2.75, 3.05) is 52.5 Å². The number of carbonyl (C=O) groups is 2. The Kier molecular flexibility index (Phi) is 6.70. The molecular formula is C19H33N3O3. The van der Waals surface area contributed by atoms with Gasteiger partial charge in [-0.2, -0.15) is 0 Å². The van der Waals surface area contributed by atoms with Gasteiger partial charge in [-0.15, -0.1) is 0 Å². The number of morpholine rings is 1. The van der Waals surface area contributed by atoms with Crippen LogP contribution in [0.2, 0.25) is 0 Å². The summed E-state index contributed by atoms with van der Waals surface area (Å²) in [6.07, 6.45) is 6.65. The van der Waals surface area contributed by atoms with Crippen molar-refractivity contribution in [3.63, 3.8) is 0 Å². The maximum absolute atomic E-state index is 12.9. The summed E-state index contributed by atoms with van der Waals surface area (Å²) in [5, 5.41) is 0. The van der Waals surface area contributed by atoms with Gasteiger partial charge in [0.25, 0.3) is 0 Å². The molecule has 2 atom stereocenters. The summed E-state index contributed by atoms with van der Waals surface area (Å²) in [5.41, 5.74) is 0. The van der Waals surface area contributed by atoms with Gasteiger partial charge in [-0.25, -0.2) is 0 Å². The number of likely N-dealkylation sites (tertiary alicyclic amines) is 2. The van der Waals surface area contributed by atoms with E-state index in [0.29, 0.717) is 26.3 Å². The zero-order valence-corrected chi connectivity index (χ0v) is 15.6. The predicted octanol–water partition coefficient (Wildman–Crippen LogP) is 1.35. The molecular weight excluding hydrogens is 318 g/mol. The van der Waals surface area contributed by atoms with E-state index in [0.717, 1.165) is 51.9 Å². The highest BCUT2D eigenvalue weighted by atomic mass is 16.5. The van der Waals surface area contributed by atoms with E-state index in [1.54, 1.807) is 0 Å². The standard InChI is InChI=1S/C19H33N3O3/c1-16(18(23)20-8-4-2-3-5-9-20)22-10-6-7-17(15-22)19(24)21-11-13-25-14-12-21/h16-17H,2-15H2,1H3. The SMILES string of the molecule is CC(C(=O)N1CCCCCC1)N1CCCC(C(=O)N2CCOCC2)C1. The first-order chi connectivity index (χ1) is 12.2. The lowest BCUT2D eigenvalue weighted by Gasteiger charge is -2.39. The van der Waals surface area contributed by atoms with Gasteiger partial charge in [-0.3, -0.25) is 14.5 Å². The van der Waals surface area contributed by atoms with Crippen LogP contribution in [0.1, 0.15) is 45.4 Å². The summed E-state index contributed by atoms with van der Waals surface area (Å²) in [7, 11) is 0. The van der Waals surface area contributed by atoms with Crippen molar-refractivity contribution in [1.82, 2.24) is 14.7 Å². The molecule has 0 bridgehead atoms. The number of carbonyl (C=O) groups excluding carboxylic acids is 2. The molecule has 3 rings (SSSR count). The summed E-state index contributed by atoms with van der Waals surface area (Å²) < 4.78 is 5.35. The van der Waals surface area contributed by atoms with Crippen LogP contribution in [0.15, 0.2) is 0 Å². The Labute approximate surface area is 151 Å². The molecule has 3 saturated heterocycles. The zero-order valence-electron chi connectivity index (χ0n) is 15.6. The lowest BCUT2D eigenvalue weighted by molar-refractivity contribution is -0.144. The van der Waals surface area contributed by atoms with E-state index in [1.165, 1.54) is 12.8 Å². The van der Waals surface area contributed by atoms with Crippen molar-refractivity contribution < 1.29 is 14.3 Å². The normalized spacial score (nSPS) is 27.6. The molecule has 0 saturated carbocycles. The molecule has 6 nitrogen and oxygen atoms in total. The molecule has 3 fully saturated rings. The monoisotopic (exact) mass is 351 g/mol. The smallest absolute Gasteiger partial charge is 0.239 e. The van der Waals surface area contributed by atoms with Crippen LogP contribution in [-0.2, 0) is 14.3 Å². The van der Waals surface area contributed by atoms with Gasteiger partial charge in [-0.05, 0) is 39.2 Å². The van der Waals surface area contributed by atoms with E-state index in [-0.39, 0.29) is 23.8 Å². The minimum absolute atomic E-state index is 0.0335. The topological polar surface area (TPSA) is 53.1 Å². The van der Waals surface area contributed by atoms with E-state index in [2.05, 4.69) is 4.90 Å². The molecule has 2 unspecified atom stereocenters. The highest BCUT2D eigenvalue weighted by Gasteiger charge is 2.34. The second kappa shape index (κ2) is 8.99. The molecule has 6 heteroatoms. The second-order valence-electron chi connectivity index (χ2n) is 7.69. The Morgan fingerprint density at radius 2 is 1.56 bits per heavy atom. The maximum atomic E-state index is 12.9. The quantitative estimate of drug-likeness (QED) is 0.770. The zero-order chi connectivity index (χ0) is 17.6. The molecule has 0 aliphatic carbocycles. The van der Waals surface area contributed by atoms with Gasteiger partial charge in [0.1, 0.15) is 0 Å². The van der Waals surface area contributed by atoms with Crippen molar-refractivity contribution >= 4 is 11.8 Å². The van der Waals surface area contributed by atoms with E-state index in [1.807, 2.05) is 16.7 Å². The van der Waals surface area contributed by atoms with Gasteiger partial charge in [0.05, 0.1) is 25.2 Å². The lowest BCUT2D eigenvalue weighted by atomic mass is 9.95. The van der Waals surface area contributed by atoms with E-state index in [9.17, 15) is 9.59 Å². The first-order valence-electron chi connectivity index (χ1n) is 10.1. The number of hydrogen-bond donors (Lipinski definition) is 0. The summed E-state index contributed by atoms with van der Waals surface area (Å²) in [6.45, 7) is 8.16. The van der Waals surface area contributed by atoms with Crippen LogP contribution < -0.4 is 0 Å². The van der Waals surface area contributed by atoms with Gasteiger partial charge in [0, 0.05) is 32.7 Å². The van der Waals surface area contributed by atoms with Crippen LogP contribution in [-0.4, -0.2) is 85.0 Å². The van der Waals surface area contributed by atoms with Crippen molar-refractivity contribution in [3.05, 3.63) is 0 Å². The molecule has 25 heavy (non-hydrogen) atoms. The van der Waals surface area contributed by atoms with E-state index >= 15 is 0 Å². The number of amides is 2. The summed E-state index contributed by atoms with van der Waals surface area (Å²) in [6, 6.07) is -0.113. The molecule has 0 N–H and O–H groups in total. The Morgan fingerprint density at radius 1 is 0.880 bits per heavy atom. The third kappa shape index (κ3) is 4.73. The van der Waals surface area contributed by atoms with Crippen LogP contribution in [0.3, 0.4) is 0 Å². The number of rotatable bonds is 3. The van der Waals surface area contributed by atoms with Crippen LogP contribution in [0.4, 0.5) is 0 Å². The molecule has 3 aliphatic heterocycles. The molecule has 0 radical (unpaired) electrons. The second-order valence-corrected chi connectivity index (χ2v) is 7.69. The van der Waals surface area contributed by atoms with Gasteiger partial charge in [0.15, 0.2) is 0 Å². The number of hydrogen-bond acceptors (Lipinski definition) is 4. The number of ether oxygens (including phenoxy) is 1. The third-order valence-corrected chi connectivity index (χ3v) is 5.95. The fourth-order valence-corrected chi connectivity index (χ4v) is 4.31. The minimum atomic E-state index is -0.113. The lowest BCUT2D eigenvalue weighted by Crippen LogP contribution is -2.53. The highest BCUT2D eigenvalue weighted by Crippen LogP contribution is 2.22. The summed E-state index contributed by atoms with van der Waals surface area (Å²) in [4.78, 5) is 31.9. The Balaban J connectivity index is 1.56. The van der Waals surface area contributed by atoms with Crippen LogP contribution in [0.5, 0.6) is 0 Å². The van der Waals surface area contributed by atoms with E-state index in [4.69, 9.17) is 4.74 Å². The van der Waals surface area contributed by atoms with Gasteiger partial charge < -0.3 is 14.5 Å². The first-order valence-corrected chi connectivity index (χ1v) is 10.1. The molecule has 3 aliphatic rings. The van der Waals surface area contributed by atoms with Crippen LogP contribution in [0, 0.1) is 5.92 Å². The minimum Gasteiger partial charge on any atom is -0.378 e. The molecule has 0 aromatic rings. The van der Waals surface area contributed by atoms with Crippen molar-refractivity contribution in [3.8, 4) is 0 Å². The predicted molar refractivity (Wildman–Crippen MR) is 96.2 cm³/mol. The van der Waals surface area contributed by atoms with Crippen molar-refractivity contribution in [2.45, 2.75) is 51.5 Å². The van der Waals surface area contributed by atoms with Crippen LogP contribution >= 0.6 is 0 Å². The molecule has 0 aromatic heterocycles. The number of nitrogens with zero attached hydrogens (tertiary/aromatic N) is 3. The van der Waals surface area contributed by atoms with Gasteiger partial charge in [0.2, 0.25) is 11.8 Å². The Bertz CT molecular complexity index is 457. The Morgan fingerprint density at radius 3 is 2.24 bits per heavy atom. The van der Waals surface area contributed by atoms with Crippen molar-refractivity contribution in [2.24, 2.45) is 5.92 Å². The maximum Gasteiger partial charge on any atom is 0.239 e. The van der Waals surface area contributed by atoms with Gasteiger partial charge in [-0.1, -0.05) is 12.8 Å². The van der Waals surface area contributed by atoms with Crippen LogP contribution in [0.25, 0.3) is 0 Å². The van der Waals surface area contributed by atoms with Gasteiger partial charge >= 0.3 is 0 Å². The van der Waals surface area contributed by atoms with E-state index < -0.39 is 0 Å². The van der Waals surface area contributed by atoms with Crippen molar-refractivity contribution in [1.29, 1.82) is 0 Å². The summed E-state index contributed by atoms with van der Waals surface area (Å²) in [5.74, 6) is 0.537. The third-order valence-electron chi connectivity index (χ3n) is 5.95. The Hall–Kier alpha value is -1.14. The molecule has 0 aromatic carbocycles. The first kappa shape index (κ1) is 18.6. The number of piperidine rings is 1. The molecule has 2 amide bonds. The fraction of sp³-hybridized carbons (Fsp3) is 0.895. The highest BCUT2D eigenvalue weighted by molar-refractivity contribution is 5.82. The molecule has 142 valence electrons.